The maximum Gasteiger partial charge on any atom is 0.115 e. The molecule has 0 radical (unpaired) electrons. The Hall–Kier alpha value is -0.950. The van der Waals surface area contributed by atoms with Gasteiger partial charge in [0.2, 0.25) is 0 Å². The van der Waals surface area contributed by atoms with Gasteiger partial charge in [-0.25, -0.2) is 9.97 Å². The van der Waals surface area contributed by atoms with Crippen LogP contribution in [0.2, 0.25) is 0 Å². The molecule has 0 atom stereocenters. The van der Waals surface area contributed by atoms with Gasteiger partial charge in [0, 0.05) is 6.20 Å². The van der Waals surface area contributed by atoms with Gasteiger partial charge in [-0.15, -0.1) is 0 Å². The lowest BCUT2D eigenvalue weighted by molar-refractivity contribution is 0.833. The smallest absolute Gasteiger partial charge is 0.115 e. The van der Waals surface area contributed by atoms with Crippen LogP contribution in [-0.4, -0.2) is 9.97 Å². The lowest BCUT2D eigenvalue weighted by atomic mass is 10.1. The second-order valence-corrected chi connectivity index (χ2v) is 3.77. The standard InChI is InChI=1S/C8H6BrN3/c9-6-3-11-5-12-7(6)8(4-10)1-2-8/h3,5H,1-2H2. The lowest BCUT2D eigenvalue weighted by Crippen LogP contribution is -2.06. The van der Waals surface area contributed by atoms with Crippen molar-refractivity contribution in [2.24, 2.45) is 0 Å². The molecule has 12 heavy (non-hydrogen) atoms. The second kappa shape index (κ2) is 2.53. The first kappa shape index (κ1) is 7.69. The predicted octanol–water partition coefficient (Wildman–Crippen LogP) is 1.79. The Labute approximate surface area is 78.6 Å². The Morgan fingerprint density at radius 1 is 1.58 bits per heavy atom. The number of hydrogen-bond donors (Lipinski definition) is 0. The van der Waals surface area contributed by atoms with E-state index >= 15 is 0 Å². The molecule has 0 spiro atoms. The molecule has 60 valence electrons. The van der Waals surface area contributed by atoms with Gasteiger partial charge in [0.25, 0.3) is 0 Å². The number of hydrogen-bond acceptors (Lipinski definition) is 3. The maximum atomic E-state index is 8.90. The van der Waals surface area contributed by atoms with Crippen LogP contribution in [0.25, 0.3) is 0 Å². The topological polar surface area (TPSA) is 49.6 Å². The Morgan fingerprint density at radius 3 is 2.83 bits per heavy atom. The summed E-state index contributed by atoms with van der Waals surface area (Å²) in [6.07, 6.45) is 5.00. The van der Waals surface area contributed by atoms with Crippen molar-refractivity contribution >= 4 is 15.9 Å². The molecule has 4 heteroatoms. The van der Waals surface area contributed by atoms with Crippen LogP contribution >= 0.6 is 15.9 Å². The third-order valence-corrected chi connectivity index (χ3v) is 2.67. The van der Waals surface area contributed by atoms with Crippen molar-refractivity contribution < 1.29 is 0 Å². The average molecular weight is 224 g/mol. The van der Waals surface area contributed by atoms with Gasteiger partial charge in [0.1, 0.15) is 11.7 Å². The molecule has 3 nitrogen and oxygen atoms in total. The maximum absolute atomic E-state index is 8.90. The van der Waals surface area contributed by atoms with Crippen molar-refractivity contribution in [1.29, 1.82) is 5.26 Å². The molecule has 0 aromatic carbocycles. The average Bonchev–Trinajstić information content (AvgIpc) is 2.86. The minimum absolute atomic E-state index is 0.318. The van der Waals surface area contributed by atoms with E-state index in [-0.39, 0.29) is 5.41 Å². The van der Waals surface area contributed by atoms with Gasteiger partial charge in [-0.1, -0.05) is 0 Å². The van der Waals surface area contributed by atoms with E-state index < -0.39 is 0 Å². The van der Waals surface area contributed by atoms with Crippen molar-refractivity contribution in [3.05, 3.63) is 22.7 Å². The van der Waals surface area contributed by atoms with Crippen LogP contribution in [0.15, 0.2) is 17.0 Å². The van der Waals surface area contributed by atoms with E-state index in [1.165, 1.54) is 6.33 Å². The zero-order chi connectivity index (χ0) is 8.60. The fourth-order valence-corrected chi connectivity index (χ4v) is 1.79. The van der Waals surface area contributed by atoms with E-state index in [2.05, 4.69) is 32.0 Å². The van der Waals surface area contributed by atoms with Crippen LogP contribution in [0.3, 0.4) is 0 Å². The first-order valence-corrected chi connectivity index (χ1v) is 4.45. The van der Waals surface area contributed by atoms with E-state index in [0.717, 1.165) is 23.0 Å². The lowest BCUT2D eigenvalue weighted by Gasteiger charge is -2.05. The fourth-order valence-electron chi connectivity index (χ4n) is 1.19. The minimum atomic E-state index is -0.318. The van der Waals surface area contributed by atoms with Crippen molar-refractivity contribution in [3.8, 4) is 6.07 Å². The van der Waals surface area contributed by atoms with Crippen molar-refractivity contribution in [2.75, 3.05) is 0 Å². The SMILES string of the molecule is N#CC1(c2ncncc2Br)CC1. The molecule has 2 rings (SSSR count). The Kier molecular flexibility index (Phi) is 1.62. The van der Waals surface area contributed by atoms with Gasteiger partial charge in [-0.2, -0.15) is 5.26 Å². The normalized spacial score (nSPS) is 18.3. The third kappa shape index (κ3) is 1.01. The monoisotopic (exact) mass is 223 g/mol. The van der Waals surface area contributed by atoms with Gasteiger partial charge >= 0.3 is 0 Å². The molecule has 1 aromatic heterocycles. The number of halogens is 1. The first-order chi connectivity index (χ1) is 5.78. The summed E-state index contributed by atoms with van der Waals surface area (Å²) in [4.78, 5) is 7.96. The molecule has 0 saturated heterocycles. The summed E-state index contributed by atoms with van der Waals surface area (Å²) < 4.78 is 0.837. The Balaban J connectivity index is 2.48. The summed E-state index contributed by atoms with van der Waals surface area (Å²) in [7, 11) is 0. The van der Waals surface area contributed by atoms with Gasteiger partial charge in [0.15, 0.2) is 0 Å². The molecule has 0 unspecified atom stereocenters. The second-order valence-electron chi connectivity index (χ2n) is 2.91. The molecular weight excluding hydrogens is 218 g/mol. The van der Waals surface area contributed by atoms with Crippen LogP contribution in [0.4, 0.5) is 0 Å². The minimum Gasteiger partial charge on any atom is -0.244 e. The number of nitrogens with zero attached hydrogens (tertiary/aromatic N) is 3. The van der Waals surface area contributed by atoms with E-state index in [0.29, 0.717) is 0 Å². The van der Waals surface area contributed by atoms with Crippen molar-refractivity contribution in [3.63, 3.8) is 0 Å². The molecule has 1 aliphatic carbocycles. The zero-order valence-corrected chi connectivity index (χ0v) is 7.87. The predicted molar refractivity (Wildman–Crippen MR) is 46.3 cm³/mol. The highest BCUT2D eigenvalue weighted by Crippen LogP contribution is 2.48. The van der Waals surface area contributed by atoms with E-state index in [4.69, 9.17) is 5.26 Å². The van der Waals surface area contributed by atoms with Crippen LogP contribution in [-0.2, 0) is 5.41 Å². The van der Waals surface area contributed by atoms with Crippen LogP contribution in [0.5, 0.6) is 0 Å². The van der Waals surface area contributed by atoms with Gasteiger partial charge < -0.3 is 0 Å². The Morgan fingerprint density at radius 2 is 2.33 bits per heavy atom. The fraction of sp³-hybridized carbons (Fsp3) is 0.375. The van der Waals surface area contributed by atoms with E-state index in [9.17, 15) is 0 Å². The molecule has 1 aliphatic rings. The third-order valence-electron chi connectivity index (χ3n) is 2.08. The summed E-state index contributed by atoms with van der Waals surface area (Å²) >= 11 is 3.34. The highest BCUT2D eigenvalue weighted by atomic mass is 79.9. The summed E-state index contributed by atoms with van der Waals surface area (Å²) in [6, 6.07) is 2.29. The van der Waals surface area contributed by atoms with Gasteiger partial charge in [0.05, 0.1) is 16.2 Å². The molecule has 0 N–H and O–H groups in total. The van der Waals surface area contributed by atoms with E-state index in [1.807, 2.05) is 0 Å². The van der Waals surface area contributed by atoms with Crippen molar-refractivity contribution in [1.82, 2.24) is 9.97 Å². The molecule has 1 heterocycles. The molecule has 0 amide bonds. The zero-order valence-electron chi connectivity index (χ0n) is 6.29. The molecule has 1 fully saturated rings. The largest absolute Gasteiger partial charge is 0.244 e. The highest BCUT2D eigenvalue weighted by molar-refractivity contribution is 9.10. The van der Waals surface area contributed by atoms with Crippen molar-refractivity contribution in [2.45, 2.75) is 18.3 Å². The van der Waals surface area contributed by atoms with Crippen LogP contribution in [0, 0.1) is 11.3 Å². The highest BCUT2D eigenvalue weighted by Gasteiger charge is 2.47. The molecule has 0 bridgehead atoms. The Bertz CT molecular complexity index is 352. The van der Waals surface area contributed by atoms with Gasteiger partial charge in [-0.05, 0) is 28.8 Å². The van der Waals surface area contributed by atoms with Crippen LogP contribution in [0.1, 0.15) is 18.5 Å². The summed E-state index contributed by atoms with van der Waals surface area (Å²) in [5.41, 5.74) is 0.516. The molecular formula is C8H6BrN3. The number of rotatable bonds is 1. The molecule has 1 saturated carbocycles. The quantitative estimate of drug-likeness (QED) is 0.730. The molecule has 1 aromatic rings. The first-order valence-electron chi connectivity index (χ1n) is 3.66. The van der Waals surface area contributed by atoms with Gasteiger partial charge in [-0.3, -0.25) is 0 Å². The van der Waals surface area contributed by atoms with Crippen LogP contribution < -0.4 is 0 Å². The molecule has 0 aliphatic heterocycles. The van der Waals surface area contributed by atoms with E-state index in [1.54, 1.807) is 6.20 Å². The number of aromatic nitrogens is 2. The number of nitriles is 1. The summed E-state index contributed by atoms with van der Waals surface area (Å²) in [5, 5.41) is 8.90. The summed E-state index contributed by atoms with van der Waals surface area (Å²) in [6.45, 7) is 0. The summed E-state index contributed by atoms with van der Waals surface area (Å²) in [5.74, 6) is 0.